The molecule has 70 valence electrons. The number of benzene rings is 1. The molecular weight excluding hydrogens is 180 g/mol. The van der Waals surface area contributed by atoms with E-state index in [-0.39, 0.29) is 10.6 Å². The second-order valence-electron chi connectivity index (χ2n) is 2.95. The predicted molar refractivity (Wildman–Crippen MR) is 54.3 cm³/mol. The van der Waals surface area contributed by atoms with Gasteiger partial charge in [-0.15, -0.1) is 0 Å². The summed E-state index contributed by atoms with van der Waals surface area (Å²) in [5.74, 6) is 0. The molecule has 1 aliphatic rings. The zero-order chi connectivity index (χ0) is 10.1. The minimum Gasteiger partial charge on any atom is -0.362 e. The number of hydrogen-bond donors (Lipinski definition) is 1. The predicted octanol–water partition coefficient (Wildman–Crippen LogP) is 2.14. The Morgan fingerprint density at radius 1 is 1.43 bits per heavy atom. The molecule has 0 bridgehead atoms. The third-order valence-corrected chi connectivity index (χ3v) is 2.11. The molecule has 1 aromatic carbocycles. The van der Waals surface area contributed by atoms with Crippen LogP contribution in [0.1, 0.15) is 11.1 Å². The standard InChI is InChI=1S/C10H8N2O2/c1-7-8-3-2-4-10(12(13)14)9(8)5-6-11-7/h2-6,11H,1H2. The van der Waals surface area contributed by atoms with E-state index in [0.29, 0.717) is 11.3 Å². The van der Waals surface area contributed by atoms with Crippen LogP contribution < -0.4 is 5.32 Å². The highest BCUT2D eigenvalue weighted by molar-refractivity contribution is 5.80. The summed E-state index contributed by atoms with van der Waals surface area (Å²) in [6.07, 6.45) is 3.33. The summed E-state index contributed by atoms with van der Waals surface area (Å²) in [6, 6.07) is 4.95. The average Bonchev–Trinajstić information content (AvgIpc) is 2.17. The molecule has 1 aromatic rings. The van der Waals surface area contributed by atoms with Crippen LogP contribution in [0, 0.1) is 10.1 Å². The smallest absolute Gasteiger partial charge is 0.277 e. The Kier molecular flexibility index (Phi) is 1.81. The van der Waals surface area contributed by atoms with Crippen LogP contribution in [0.3, 0.4) is 0 Å². The zero-order valence-corrected chi connectivity index (χ0v) is 7.36. The lowest BCUT2D eigenvalue weighted by atomic mass is 10.0. The minimum absolute atomic E-state index is 0.112. The van der Waals surface area contributed by atoms with Crippen molar-refractivity contribution in [1.82, 2.24) is 5.32 Å². The first-order chi connectivity index (χ1) is 6.70. The van der Waals surface area contributed by atoms with Crippen LogP contribution in [0.25, 0.3) is 11.8 Å². The molecule has 0 aliphatic carbocycles. The normalized spacial score (nSPS) is 13.3. The molecule has 14 heavy (non-hydrogen) atoms. The van der Waals surface area contributed by atoms with Gasteiger partial charge in [0.15, 0.2) is 0 Å². The second kappa shape index (κ2) is 2.99. The maximum atomic E-state index is 10.7. The van der Waals surface area contributed by atoms with Crippen LogP contribution in [-0.4, -0.2) is 4.92 Å². The van der Waals surface area contributed by atoms with Crippen LogP contribution in [0.5, 0.6) is 0 Å². The fourth-order valence-electron chi connectivity index (χ4n) is 1.45. The first-order valence-corrected chi connectivity index (χ1v) is 4.10. The van der Waals surface area contributed by atoms with Gasteiger partial charge in [0.25, 0.3) is 5.69 Å². The fraction of sp³-hybridized carbons (Fsp3) is 0. The van der Waals surface area contributed by atoms with E-state index in [1.165, 1.54) is 6.07 Å². The van der Waals surface area contributed by atoms with Crippen molar-refractivity contribution in [1.29, 1.82) is 0 Å². The van der Waals surface area contributed by atoms with E-state index in [9.17, 15) is 10.1 Å². The van der Waals surface area contributed by atoms with Gasteiger partial charge >= 0.3 is 0 Å². The Balaban J connectivity index is 2.68. The number of nitro benzene ring substituents is 1. The second-order valence-corrected chi connectivity index (χ2v) is 2.95. The number of nitrogens with one attached hydrogen (secondary N) is 1. The highest BCUT2D eigenvalue weighted by atomic mass is 16.6. The van der Waals surface area contributed by atoms with Gasteiger partial charge in [-0.05, 0) is 6.08 Å². The molecule has 4 heteroatoms. The van der Waals surface area contributed by atoms with Crippen LogP contribution in [-0.2, 0) is 0 Å². The maximum Gasteiger partial charge on any atom is 0.277 e. The van der Waals surface area contributed by atoms with E-state index >= 15 is 0 Å². The summed E-state index contributed by atoms with van der Waals surface area (Å²) in [5, 5.41) is 13.6. The molecule has 0 fully saturated rings. The van der Waals surface area contributed by atoms with Gasteiger partial charge in [0.05, 0.1) is 10.5 Å². The van der Waals surface area contributed by atoms with Gasteiger partial charge < -0.3 is 5.32 Å². The van der Waals surface area contributed by atoms with Crippen LogP contribution in [0.4, 0.5) is 5.69 Å². The average molecular weight is 188 g/mol. The van der Waals surface area contributed by atoms with Crippen molar-refractivity contribution in [2.75, 3.05) is 0 Å². The van der Waals surface area contributed by atoms with E-state index in [4.69, 9.17) is 0 Å². The van der Waals surface area contributed by atoms with Crippen molar-refractivity contribution in [2.45, 2.75) is 0 Å². The molecule has 0 spiro atoms. The molecule has 0 radical (unpaired) electrons. The molecule has 4 nitrogen and oxygen atoms in total. The highest BCUT2D eigenvalue weighted by Crippen LogP contribution is 2.29. The molecule has 0 saturated heterocycles. The zero-order valence-electron chi connectivity index (χ0n) is 7.36. The lowest BCUT2D eigenvalue weighted by Gasteiger charge is -2.13. The molecule has 1 N–H and O–H groups in total. The summed E-state index contributed by atoms with van der Waals surface area (Å²) < 4.78 is 0. The Morgan fingerprint density at radius 2 is 2.21 bits per heavy atom. The topological polar surface area (TPSA) is 55.2 Å². The lowest BCUT2D eigenvalue weighted by molar-refractivity contribution is -0.385. The Hall–Kier alpha value is -2.10. The summed E-state index contributed by atoms with van der Waals surface area (Å²) >= 11 is 0. The number of hydrogen-bond acceptors (Lipinski definition) is 3. The minimum atomic E-state index is -0.387. The molecular formula is C10H8N2O2. The van der Waals surface area contributed by atoms with Crippen LogP contribution in [0.15, 0.2) is 31.0 Å². The molecule has 0 unspecified atom stereocenters. The van der Waals surface area contributed by atoms with E-state index in [1.54, 1.807) is 24.4 Å². The molecule has 0 amide bonds. The number of nitro groups is 1. The Morgan fingerprint density at radius 3 is 2.93 bits per heavy atom. The summed E-state index contributed by atoms with van der Waals surface area (Å²) in [4.78, 5) is 10.3. The molecule has 0 atom stereocenters. The SMILES string of the molecule is C=C1NC=Cc2c1cccc2[N+](=O)[O-]. The van der Waals surface area contributed by atoms with Gasteiger partial charge in [0.1, 0.15) is 0 Å². The molecule has 1 heterocycles. The third-order valence-electron chi connectivity index (χ3n) is 2.11. The first-order valence-electron chi connectivity index (χ1n) is 4.10. The first kappa shape index (κ1) is 8.50. The highest BCUT2D eigenvalue weighted by Gasteiger charge is 2.18. The van der Waals surface area contributed by atoms with Crippen molar-refractivity contribution in [3.8, 4) is 0 Å². The third kappa shape index (κ3) is 1.17. The molecule has 2 rings (SSSR count). The molecule has 0 saturated carbocycles. The lowest BCUT2D eigenvalue weighted by Crippen LogP contribution is -2.09. The van der Waals surface area contributed by atoms with Gasteiger partial charge in [-0.25, -0.2) is 0 Å². The van der Waals surface area contributed by atoms with E-state index < -0.39 is 0 Å². The largest absolute Gasteiger partial charge is 0.362 e. The van der Waals surface area contributed by atoms with Crippen LogP contribution >= 0.6 is 0 Å². The monoisotopic (exact) mass is 188 g/mol. The van der Waals surface area contributed by atoms with Crippen molar-refractivity contribution in [3.63, 3.8) is 0 Å². The van der Waals surface area contributed by atoms with E-state index in [2.05, 4.69) is 11.9 Å². The van der Waals surface area contributed by atoms with Crippen molar-refractivity contribution in [3.05, 3.63) is 52.2 Å². The Bertz CT molecular complexity index is 449. The van der Waals surface area contributed by atoms with Gasteiger partial charge in [-0.1, -0.05) is 18.7 Å². The molecule has 1 aliphatic heterocycles. The van der Waals surface area contributed by atoms with Gasteiger partial charge in [0.2, 0.25) is 0 Å². The van der Waals surface area contributed by atoms with Gasteiger partial charge in [-0.2, -0.15) is 0 Å². The quantitative estimate of drug-likeness (QED) is 0.542. The molecule has 0 aromatic heterocycles. The van der Waals surface area contributed by atoms with Crippen LogP contribution in [0.2, 0.25) is 0 Å². The van der Waals surface area contributed by atoms with E-state index in [0.717, 1.165) is 5.56 Å². The van der Waals surface area contributed by atoms with Gasteiger partial charge in [0, 0.05) is 23.5 Å². The van der Waals surface area contributed by atoms with Gasteiger partial charge in [-0.3, -0.25) is 10.1 Å². The van der Waals surface area contributed by atoms with E-state index in [1.807, 2.05) is 0 Å². The van der Waals surface area contributed by atoms with Crippen molar-refractivity contribution < 1.29 is 4.92 Å². The number of rotatable bonds is 1. The summed E-state index contributed by atoms with van der Waals surface area (Å²) in [5.41, 5.74) is 2.19. The number of nitrogens with zero attached hydrogens (tertiary/aromatic N) is 1. The Labute approximate surface area is 80.7 Å². The maximum absolute atomic E-state index is 10.7. The number of fused-ring (bicyclic) bond motifs is 1. The van der Waals surface area contributed by atoms with Crippen molar-refractivity contribution >= 4 is 17.5 Å². The fourth-order valence-corrected chi connectivity index (χ4v) is 1.45. The van der Waals surface area contributed by atoms with Crippen molar-refractivity contribution in [2.24, 2.45) is 0 Å². The summed E-state index contributed by atoms with van der Waals surface area (Å²) in [7, 11) is 0. The summed E-state index contributed by atoms with van der Waals surface area (Å²) in [6.45, 7) is 3.77.